The average Bonchev–Trinajstić information content (AvgIpc) is 2.39. The van der Waals surface area contributed by atoms with Gasteiger partial charge in [-0.05, 0) is 23.8 Å². The molecular weight excluding hydrogens is 254 g/mol. The molecule has 1 N–H and O–H groups in total. The Balaban J connectivity index is 2.42. The number of aliphatic hydroxyl groups is 1. The van der Waals surface area contributed by atoms with Gasteiger partial charge >= 0.3 is 0 Å². The first-order valence-corrected chi connectivity index (χ1v) is 5.64. The van der Waals surface area contributed by atoms with Gasteiger partial charge in [-0.3, -0.25) is 10.1 Å². The molecule has 0 saturated carbocycles. The summed E-state index contributed by atoms with van der Waals surface area (Å²) in [6.07, 6.45) is -1.04. The molecule has 2 aromatic carbocycles. The predicted octanol–water partition coefficient (Wildman–Crippen LogP) is 3.33. The van der Waals surface area contributed by atoms with Gasteiger partial charge in [0.15, 0.2) is 0 Å². The number of benzene rings is 2. The average molecular weight is 264 g/mol. The molecule has 2 rings (SSSR count). The third-order valence-corrected chi connectivity index (χ3v) is 2.87. The SMILES string of the molecule is O=[N+]([O-])c1ccccc1C(O)c1ccc(Cl)cc1. The van der Waals surface area contributed by atoms with Crippen LogP contribution in [0.15, 0.2) is 48.5 Å². The second kappa shape index (κ2) is 5.16. The van der Waals surface area contributed by atoms with Crippen molar-refractivity contribution in [1.29, 1.82) is 0 Å². The Hall–Kier alpha value is -1.91. The maximum atomic E-state index is 10.9. The Kier molecular flexibility index (Phi) is 3.60. The molecule has 0 aliphatic carbocycles. The minimum Gasteiger partial charge on any atom is -0.383 e. The van der Waals surface area contributed by atoms with Crippen LogP contribution in [0.3, 0.4) is 0 Å². The number of hydrogen-bond donors (Lipinski definition) is 1. The molecule has 0 amide bonds. The number of para-hydroxylation sites is 1. The van der Waals surface area contributed by atoms with Crippen molar-refractivity contribution in [3.8, 4) is 0 Å². The zero-order valence-electron chi connectivity index (χ0n) is 9.29. The van der Waals surface area contributed by atoms with Crippen molar-refractivity contribution in [2.75, 3.05) is 0 Å². The lowest BCUT2D eigenvalue weighted by Crippen LogP contribution is -2.03. The quantitative estimate of drug-likeness (QED) is 0.682. The molecule has 0 saturated heterocycles. The van der Waals surface area contributed by atoms with Gasteiger partial charge in [-0.15, -0.1) is 0 Å². The molecule has 1 atom stereocenters. The topological polar surface area (TPSA) is 63.4 Å². The number of nitrogens with zero attached hydrogens (tertiary/aromatic N) is 1. The molecule has 4 nitrogen and oxygen atoms in total. The van der Waals surface area contributed by atoms with Gasteiger partial charge in [0.05, 0.1) is 10.5 Å². The molecule has 18 heavy (non-hydrogen) atoms. The summed E-state index contributed by atoms with van der Waals surface area (Å²) in [5, 5.41) is 21.6. The summed E-state index contributed by atoms with van der Waals surface area (Å²) < 4.78 is 0. The highest BCUT2D eigenvalue weighted by molar-refractivity contribution is 6.30. The summed E-state index contributed by atoms with van der Waals surface area (Å²) in [6.45, 7) is 0. The number of nitro groups is 1. The van der Waals surface area contributed by atoms with Crippen LogP contribution >= 0.6 is 11.6 Å². The van der Waals surface area contributed by atoms with Gasteiger partial charge in [0, 0.05) is 11.1 Å². The highest BCUT2D eigenvalue weighted by Gasteiger charge is 2.20. The van der Waals surface area contributed by atoms with E-state index in [9.17, 15) is 15.2 Å². The van der Waals surface area contributed by atoms with Crippen molar-refractivity contribution >= 4 is 17.3 Å². The number of halogens is 1. The van der Waals surface area contributed by atoms with E-state index in [0.29, 0.717) is 10.6 Å². The first kappa shape index (κ1) is 12.5. The molecule has 0 fully saturated rings. The van der Waals surface area contributed by atoms with Crippen molar-refractivity contribution < 1.29 is 10.0 Å². The molecule has 5 heteroatoms. The molecular formula is C13H10ClNO3. The Bertz CT molecular complexity index is 569. The van der Waals surface area contributed by atoms with Crippen LogP contribution in [0.1, 0.15) is 17.2 Å². The molecule has 1 unspecified atom stereocenters. The molecule has 0 aliphatic heterocycles. The number of hydrogen-bond acceptors (Lipinski definition) is 3. The van der Waals surface area contributed by atoms with E-state index in [-0.39, 0.29) is 11.3 Å². The normalized spacial score (nSPS) is 12.1. The summed E-state index contributed by atoms with van der Waals surface area (Å²) in [7, 11) is 0. The monoisotopic (exact) mass is 263 g/mol. The van der Waals surface area contributed by atoms with Crippen molar-refractivity contribution in [3.05, 3.63) is 74.8 Å². The smallest absolute Gasteiger partial charge is 0.275 e. The van der Waals surface area contributed by atoms with Crippen LogP contribution in [-0.2, 0) is 0 Å². The van der Waals surface area contributed by atoms with Crippen LogP contribution in [0.4, 0.5) is 5.69 Å². The van der Waals surface area contributed by atoms with Crippen molar-refractivity contribution in [2.24, 2.45) is 0 Å². The van der Waals surface area contributed by atoms with Gasteiger partial charge < -0.3 is 5.11 Å². The summed E-state index contributed by atoms with van der Waals surface area (Å²) in [6, 6.07) is 12.7. The Morgan fingerprint density at radius 3 is 2.33 bits per heavy atom. The van der Waals surface area contributed by atoms with Gasteiger partial charge in [-0.25, -0.2) is 0 Å². The lowest BCUT2D eigenvalue weighted by Gasteiger charge is -2.11. The molecule has 92 valence electrons. The van der Waals surface area contributed by atoms with E-state index >= 15 is 0 Å². The van der Waals surface area contributed by atoms with Crippen LogP contribution in [0.2, 0.25) is 5.02 Å². The van der Waals surface area contributed by atoms with Crippen molar-refractivity contribution in [2.45, 2.75) is 6.10 Å². The third kappa shape index (κ3) is 2.50. The van der Waals surface area contributed by atoms with E-state index in [1.54, 1.807) is 36.4 Å². The van der Waals surface area contributed by atoms with Crippen LogP contribution in [-0.4, -0.2) is 10.0 Å². The molecule has 2 aromatic rings. The van der Waals surface area contributed by atoms with Crippen LogP contribution < -0.4 is 0 Å². The van der Waals surface area contributed by atoms with Gasteiger partial charge in [0.2, 0.25) is 0 Å². The fourth-order valence-electron chi connectivity index (χ4n) is 1.71. The Labute approximate surface area is 109 Å². The fourth-order valence-corrected chi connectivity index (χ4v) is 1.84. The number of nitro benzene ring substituents is 1. The summed E-state index contributed by atoms with van der Waals surface area (Å²) >= 11 is 5.75. The lowest BCUT2D eigenvalue weighted by atomic mass is 10.0. The molecule has 0 radical (unpaired) electrons. The van der Waals surface area contributed by atoms with Crippen LogP contribution in [0, 0.1) is 10.1 Å². The largest absolute Gasteiger partial charge is 0.383 e. The Morgan fingerprint density at radius 2 is 1.72 bits per heavy atom. The summed E-state index contributed by atoms with van der Waals surface area (Å²) in [5.41, 5.74) is 0.735. The maximum Gasteiger partial charge on any atom is 0.275 e. The second-order valence-corrected chi connectivity index (χ2v) is 4.21. The van der Waals surface area contributed by atoms with E-state index in [4.69, 9.17) is 11.6 Å². The zero-order chi connectivity index (χ0) is 13.1. The molecule has 0 bridgehead atoms. The zero-order valence-corrected chi connectivity index (χ0v) is 10.0. The second-order valence-electron chi connectivity index (χ2n) is 3.77. The van der Waals surface area contributed by atoms with E-state index in [1.165, 1.54) is 12.1 Å². The molecule has 0 heterocycles. The maximum absolute atomic E-state index is 10.9. The third-order valence-electron chi connectivity index (χ3n) is 2.61. The predicted molar refractivity (Wildman–Crippen MR) is 68.6 cm³/mol. The van der Waals surface area contributed by atoms with Crippen LogP contribution in [0.25, 0.3) is 0 Å². The van der Waals surface area contributed by atoms with E-state index in [0.717, 1.165) is 0 Å². The van der Waals surface area contributed by atoms with Crippen molar-refractivity contribution in [1.82, 2.24) is 0 Å². The Morgan fingerprint density at radius 1 is 1.11 bits per heavy atom. The van der Waals surface area contributed by atoms with Gasteiger partial charge in [-0.2, -0.15) is 0 Å². The molecule has 0 aromatic heterocycles. The number of rotatable bonds is 3. The highest BCUT2D eigenvalue weighted by Crippen LogP contribution is 2.29. The molecule has 0 spiro atoms. The van der Waals surface area contributed by atoms with Gasteiger partial charge in [0.1, 0.15) is 6.10 Å². The highest BCUT2D eigenvalue weighted by atomic mass is 35.5. The van der Waals surface area contributed by atoms with E-state index in [2.05, 4.69) is 0 Å². The van der Waals surface area contributed by atoms with Crippen LogP contribution in [0.5, 0.6) is 0 Å². The first-order valence-electron chi connectivity index (χ1n) is 5.26. The van der Waals surface area contributed by atoms with Gasteiger partial charge in [-0.1, -0.05) is 35.9 Å². The summed E-state index contributed by atoms with van der Waals surface area (Å²) in [4.78, 5) is 10.4. The van der Waals surface area contributed by atoms with E-state index in [1.807, 2.05) is 0 Å². The van der Waals surface area contributed by atoms with Gasteiger partial charge in [0.25, 0.3) is 5.69 Å². The standard InChI is InChI=1S/C13H10ClNO3/c14-10-7-5-9(6-8-10)13(16)11-3-1-2-4-12(11)15(17)18/h1-8,13,16H. The number of aliphatic hydroxyl groups excluding tert-OH is 1. The summed E-state index contributed by atoms with van der Waals surface area (Å²) in [5.74, 6) is 0. The minimum atomic E-state index is -1.04. The lowest BCUT2D eigenvalue weighted by molar-refractivity contribution is -0.386. The van der Waals surface area contributed by atoms with E-state index < -0.39 is 11.0 Å². The molecule has 0 aliphatic rings. The first-order chi connectivity index (χ1) is 8.59. The minimum absolute atomic E-state index is 0.0973. The fraction of sp³-hybridized carbons (Fsp3) is 0.0769. The van der Waals surface area contributed by atoms with Crippen molar-refractivity contribution in [3.63, 3.8) is 0 Å².